The van der Waals surface area contributed by atoms with Crippen LogP contribution in [0.1, 0.15) is 35.7 Å². The van der Waals surface area contributed by atoms with Crippen molar-refractivity contribution < 1.29 is 13.2 Å². The molecule has 0 aromatic carbocycles. The van der Waals surface area contributed by atoms with Crippen LogP contribution >= 0.6 is 0 Å². The highest BCUT2D eigenvalue weighted by Crippen LogP contribution is 2.45. The molecule has 0 amide bonds. The summed E-state index contributed by atoms with van der Waals surface area (Å²) in [5, 5.41) is 4.40. The van der Waals surface area contributed by atoms with Crippen molar-refractivity contribution in [3.8, 4) is 0 Å². The van der Waals surface area contributed by atoms with Crippen LogP contribution in [0.5, 0.6) is 0 Å². The smallest absolute Gasteiger partial charge is 0.250 e. The van der Waals surface area contributed by atoms with Gasteiger partial charge in [0.15, 0.2) is 5.65 Å². The molecule has 6 heteroatoms. The minimum atomic E-state index is -4.36. The molecular formula is C12H12F3N3. The van der Waals surface area contributed by atoms with Crippen molar-refractivity contribution in [1.29, 1.82) is 0 Å². The maximum atomic E-state index is 13.1. The topological polar surface area (TPSA) is 30.7 Å². The van der Waals surface area contributed by atoms with Gasteiger partial charge in [-0.3, -0.25) is 4.68 Å². The fourth-order valence-corrected chi connectivity index (χ4v) is 2.27. The number of halogens is 3. The summed E-state index contributed by atoms with van der Waals surface area (Å²) in [7, 11) is 1.64. The van der Waals surface area contributed by atoms with E-state index in [1.54, 1.807) is 14.0 Å². The van der Waals surface area contributed by atoms with E-state index in [1.807, 2.05) is 0 Å². The second-order valence-corrected chi connectivity index (χ2v) is 4.79. The van der Waals surface area contributed by atoms with Gasteiger partial charge in [-0.05, 0) is 25.8 Å². The maximum absolute atomic E-state index is 13.1. The highest BCUT2D eigenvalue weighted by molar-refractivity contribution is 5.84. The Morgan fingerprint density at radius 1 is 1.33 bits per heavy atom. The molecule has 1 aliphatic carbocycles. The summed E-state index contributed by atoms with van der Waals surface area (Å²) in [6, 6.07) is 1.11. The molecule has 1 aliphatic rings. The van der Waals surface area contributed by atoms with Crippen LogP contribution in [0, 0.1) is 6.92 Å². The zero-order chi connectivity index (χ0) is 13.1. The van der Waals surface area contributed by atoms with Crippen molar-refractivity contribution in [2.45, 2.75) is 31.9 Å². The van der Waals surface area contributed by atoms with Crippen LogP contribution in [0.3, 0.4) is 0 Å². The van der Waals surface area contributed by atoms with E-state index in [9.17, 15) is 13.2 Å². The molecule has 0 aliphatic heterocycles. The number of hydrogen-bond acceptors (Lipinski definition) is 2. The second-order valence-electron chi connectivity index (χ2n) is 4.79. The summed E-state index contributed by atoms with van der Waals surface area (Å²) in [6.45, 7) is 1.57. The van der Waals surface area contributed by atoms with Gasteiger partial charge in [0.1, 0.15) is 0 Å². The van der Waals surface area contributed by atoms with E-state index < -0.39 is 11.7 Å². The summed E-state index contributed by atoms with van der Waals surface area (Å²) in [4.78, 5) is 4.18. The number of aromatic nitrogens is 3. The van der Waals surface area contributed by atoms with Gasteiger partial charge >= 0.3 is 6.18 Å². The van der Waals surface area contributed by atoms with Crippen LogP contribution in [-0.2, 0) is 13.2 Å². The monoisotopic (exact) mass is 255 g/mol. The Balaban J connectivity index is 2.39. The third-order valence-electron chi connectivity index (χ3n) is 3.22. The van der Waals surface area contributed by atoms with E-state index in [0.29, 0.717) is 17.0 Å². The lowest BCUT2D eigenvalue weighted by Crippen LogP contribution is -2.08. The zero-order valence-electron chi connectivity index (χ0n) is 10.0. The molecule has 18 heavy (non-hydrogen) atoms. The van der Waals surface area contributed by atoms with E-state index >= 15 is 0 Å². The molecule has 0 unspecified atom stereocenters. The molecule has 0 N–H and O–H groups in total. The van der Waals surface area contributed by atoms with E-state index in [0.717, 1.165) is 18.9 Å². The maximum Gasteiger partial charge on any atom is 0.417 e. The molecule has 2 aromatic rings. The summed E-state index contributed by atoms with van der Waals surface area (Å²) in [5.74, 6) is 0.166. The fourth-order valence-electron chi connectivity index (χ4n) is 2.27. The lowest BCUT2D eigenvalue weighted by atomic mass is 10.1. The SMILES string of the molecule is Cc1cc(C(F)(F)F)c2c(C3CC3)nn(C)c2n1. The van der Waals surface area contributed by atoms with Gasteiger partial charge in [0.05, 0.1) is 16.6 Å². The van der Waals surface area contributed by atoms with Crippen LogP contribution in [0.15, 0.2) is 6.07 Å². The Bertz CT molecular complexity index is 624. The first-order valence-corrected chi connectivity index (χ1v) is 5.79. The Morgan fingerprint density at radius 2 is 2.00 bits per heavy atom. The third-order valence-corrected chi connectivity index (χ3v) is 3.22. The van der Waals surface area contributed by atoms with Crippen LogP contribution < -0.4 is 0 Å². The fraction of sp³-hybridized carbons (Fsp3) is 0.500. The van der Waals surface area contributed by atoms with Crippen LogP contribution in [0.25, 0.3) is 11.0 Å². The van der Waals surface area contributed by atoms with Crippen molar-refractivity contribution in [3.63, 3.8) is 0 Å². The average Bonchev–Trinajstić information content (AvgIpc) is 3.03. The molecule has 1 saturated carbocycles. The van der Waals surface area contributed by atoms with Gasteiger partial charge in [-0.1, -0.05) is 0 Å². The first-order valence-electron chi connectivity index (χ1n) is 5.79. The molecule has 2 heterocycles. The first kappa shape index (κ1) is 11.5. The molecule has 96 valence electrons. The molecule has 0 atom stereocenters. The van der Waals surface area contributed by atoms with Crippen molar-refractivity contribution >= 4 is 11.0 Å². The van der Waals surface area contributed by atoms with E-state index in [1.165, 1.54) is 4.68 Å². The largest absolute Gasteiger partial charge is 0.417 e. The molecule has 3 rings (SSSR count). The Morgan fingerprint density at radius 3 is 2.56 bits per heavy atom. The first-order chi connectivity index (χ1) is 8.38. The van der Waals surface area contributed by atoms with E-state index in [4.69, 9.17) is 0 Å². The van der Waals surface area contributed by atoms with Gasteiger partial charge in [-0.2, -0.15) is 18.3 Å². The molecule has 1 fully saturated rings. The summed E-state index contributed by atoms with van der Waals surface area (Å²) < 4.78 is 40.8. The van der Waals surface area contributed by atoms with Crippen LogP contribution in [-0.4, -0.2) is 14.8 Å². The number of rotatable bonds is 1. The highest BCUT2D eigenvalue weighted by atomic mass is 19.4. The molecule has 0 radical (unpaired) electrons. The minimum absolute atomic E-state index is 0.166. The Kier molecular flexibility index (Phi) is 2.21. The summed E-state index contributed by atoms with van der Waals surface area (Å²) in [6.07, 6.45) is -2.53. The third kappa shape index (κ3) is 1.67. The number of fused-ring (bicyclic) bond motifs is 1. The molecule has 2 aromatic heterocycles. The van der Waals surface area contributed by atoms with Gasteiger partial charge < -0.3 is 0 Å². The highest BCUT2D eigenvalue weighted by Gasteiger charge is 2.38. The molecule has 3 nitrogen and oxygen atoms in total. The predicted octanol–water partition coefficient (Wildman–Crippen LogP) is 3.17. The standard InChI is InChI=1S/C12H12F3N3/c1-6-5-8(12(13,14)15)9-10(7-3-4-7)17-18(2)11(9)16-6/h5,7H,3-4H2,1-2H3. The molecule has 0 saturated heterocycles. The molecule has 0 spiro atoms. The molecular weight excluding hydrogens is 243 g/mol. The quantitative estimate of drug-likeness (QED) is 0.783. The Labute approximate surface area is 102 Å². The normalized spacial score (nSPS) is 16.5. The number of nitrogens with zero attached hydrogens (tertiary/aromatic N) is 3. The van der Waals surface area contributed by atoms with E-state index in [2.05, 4.69) is 10.1 Å². The number of pyridine rings is 1. The zero-order valence-corrected chi connectivity index (χ0v) is 10.0. The van der Waals surface area contributed by atoms with Crippen molar-refractivity contribution in [2.24, 2.45) is 7.05 Å². The van der Waals surface area contributed by atoms with Crippen molar-refractivity contribution in [1.82, 2.24) is 14.8 Å². The summed E-state index contributed by atoms with van der Waals surface area (Å²) >= 11 is 0. The van der Waals surface area contributed by atoms with Gasteiger partial charge in [-0.15, -0.1) is 0 Å². The lowest BCUT2D eigenvalue weighted by Gasteiger charge is -2.09. The minimum Gasteiger partial charge on any atom is -0.250 e. The number of hydrogen-bond donors (Lipinski definition) is 0. The van der Waals surface area contributed by atoms with Gasteiger partial charge in [0, 0.05) is 18.7 Å². The van der Waals surface area contributed by atoms with Crippen molar-refractivity contribution in [2.75, 3.05) is 0 Å². The van der Waals surface area contributed by atoms with Crippen LogP contribution in [0.2, 0.25) is 0 Å². The van der Waals surface area contributed by atoms with Gasteiger partial charge in [0.25, 0.3) is 0 Å². The van der Waals surface area contributed by atoms with Gasteiger partial charge in [-0.25, -0.2) is 4.98 Å². The predicted molar refractivity (Wildman–Crippen MR) is 60.2 cm³/mol. The van der Waals surface area contributed by atoms with Crippen molar-refractivity contribution in [3.05, 3.63) is 23.0 Å². The van der Waals surface area contributed by atoms with E-state index in [-0.39, 0.29) is 11.3 Å². The lowest BCUT2D eigenvalue weighted by molar-refractivity contribution is -0.136. The summed E-state index contributed by atoms with van der Waals surface area (Å²) in [5.41, 5.74) is 0.622. The van der Waals surface area contributed by atoms with Gasteiger partial charge in [0.2, 0.25) is 0 Å². The average molecular weight is 255 g/mol. The van der Waals surface area contributed by atoms with Crippen LogP contribution in [0.4, 0.5) is 13.2 Å². The number of alkyl halides is 3. The Hall–Kier alpha value is -1.59. The second kappa shape index (κ2) is 3.46. The molecule has 0 bridgehead atoms. The number of aryl methyl sites for hydroxylation is 2.